The fourth-order valence-corrected chi connectivity index (χ4v) is 2.34. The monoisotopic (exact) mass is 294 g/mol. The van der Waals surface area contributed by atoms with E-state index in [1.165, 1.54) is 12.5 Å². The number of carbonyl (C=O) groups excluding carboxylic acids is 2. The van der Waals surface area contributed by atoms with Gasteiger partial charge in [-0.3, -0.25) is 14.4 Å². The number of rotatable bonds is 5. The van der Waals surface area contributed by atoms with Crippen molar-refractivity contribution in [3.05, 3.63) is 24.2 Å². The Balaban J connectivity index is 1.74. The van der Waals surface area contributed by atoms with Crippen LogP contribution in [0, 0.1) is 5.92 Å². The highest BCUT2D eigenvalue weighted by Gasteiger charge is 2.27. The fraction of sp³-hybridized carbons (Fsp3) is 0.500. The molecule has 1 aromatic rings. The van der Waals surface area contributed by atoms with Gasteiger partial charge in [-0.25, -0.2) is 0 Å². The van der Waals surface area contributed by atoms with Crippen LogP contribution in [0.1, 0.15) is 29.6 Å². The highest BCUT2D eigenvalue weighted by Crippen LogP contribution is 2.17. The van der Waals surface area contributed by atoms with E-state index in [1.807, 2.05) is 0 Å². The number of nitrogens with one attached hydrogen (secondary N) is 1. The lowest BCUT2D eigenvalue weighted by Gasteiger charge is -2.30. The zero-order valence-corrected chi connectivity index (χ0v) is 11.6. The van der Waals surface area contributed by atoms with Crippen molar-refractivity contribution >= 4 is 17.8 Å². The maximum atomic E-state index is 12.0. The Morgan fingerprint density at radius 1 is 1.43 bits per heavy atom. The molecule has 2 heterocycles. The molecule has 2 amide bonds. The van der Waals surface area contributed by atoms with E-state index in [9.17, 15) is 14.4 Å². The summed E-state index contributed by atoms with van der Waals surface area (Å²) in [7, 11) is 0. The molecule has 1 atom stereocenters. The molecule has 7 nitrogen and oxygen atoms in total. The van der Waals surface area contributed by atoms with Crippen LogP contribution in [0.4, 0.5) is 0 Å². The summed E-state index contributed by atoms with van der Waals surface area (Å²) in [6, 6.07) is 1.54. The number of carbonyl (C=O) groups is 3. The van der Waals surface area contributed by atoms with Gasteiger partial charge in [0, 0.05) is 26.1 Å². The van der Waals surface area contributed by atoms with Gasteiger partial charge in [-0.05, 0) is 18.9 Å². The van der Waals surface area contributed by atoms with Crippen LogP contribution in [-0.4, -0.2) is 47.4 Å². The summed E-state index contributed by atoms with van der Waals surface area (Å²) >= 11 is 0. The number of hydrogen-bond donors (Lipinski definition) is 2. The zero-order chi connectivity index (χ0) is 15.2. The number of furan rings is 1. The second-order valence-electron chi connectivity index (χ2n) is 5.04. The van der Waals surface area contributed by atoms with E-state index in [0.717, 1.165) is 0 Å². The number of amides is 2. The number of aliphatic carboxylic acids is 1. The highest BCUT2D eigenvalue weighted by atomic mass is 16.4. The van der Waals surface area contributed by atoms with Crippen LogP contribution in [0.3, 0.4) is 0 Å². The van der Waals surface area contributed by atoms with Crippen molar-refractivity contribution in [3.63, 3.8) is 0 Å². The Hall–Kier alpha value is -2.31. The molecule has 7 heteroatoms. The molecule has 0 spiro atoms. The van der Waals surface area contributed by atoms with E-state index in [2.05, 4.69) is 5.32 Å². The first-order valence-corrected chi connectivity index (χ1v) is 6.89. The van der Waals surface area contributed by atoms with E-state index in [-0.39, 0.29) is 31.3 Å². The van der Waals surface area contributed by atoms with Gasteiger partial charge in [-0.1, -0.05) is 0 Å². The molecular weight excluding hydrogens is 276 g/mol. The van der Waals surface area contributed by atoms with Gasteiger partial charge >= 0.3 is 5.97 Å². The van der Waals surface area contributed by atoms with Gasteiger partial charge in [0.15, 0.2) is 0 Å². The van der Waals surface area contributed by atoms with Crippen molar-refractivity contribution in [2.75, 3.05) is 19.6 Å². The lowest BCUT2D eigenvalue weighted by Crippen LogP contribution is -2.43. The topological polar surface area (TPSA) is 99.9 Å². The molecule has 1 fully saturated rings. The Bertz CT molecular complexity index is 511. The molecule has 0 radical (unpaired) electrons. The Kier molecular flexibility index (Phi) is 4.97. The lowest BCUT2D eigenvalue weighted by atomic mass is 9.98. The molecule has 0 unspecified atom stereocenters. The van der Waals surface area contributed by atoms with E-state index in [1.54, 1.807) is 11.0 Å². The Morgan fingerprint density at radius 2 is 2.24 bits per heavy atom. The zero-order valence-electron chi connectivity index (χ0n) is 11.6. The highest BCUT2D eigenvalue weighted by molar-refractivity contribution is 5.94. The number of hydrogen-bond acceptors (Lipinski definition) is 4. The number of likely N-dealkylation sites (tertiary alicyclic amines) is 1. The lowest BCUT2D eigenvalue weighted by molar-refractivity contribution is -0.145. The van der Waals surface area contributed by atoms with Gasteiger partial charge in [0.25, 0.3) is 5.91 Å². The molecule has 1 aromatic heterocycles. The fourth-order valence-electron chi connectivity index (χ4n) is 2.34. The molecular formula is C14H18N2O5. The first-order chi connectivity index (χ1) is 10.1. The summed E-state index contributed by atoms with van der Waals surface area (Å²) in [4.78, 5) is 36.1. The standard InChI is InChI=1S/C14H18N2O5/c17-12(16-6-1-2-10(8-16)14(19)20)3-5-15-13(18)11-4-7-21-9-11/h4,7,9-10H,1-3,5-6,8H2,(H,15,18)(H,19,20)/t10-/m0/s1. The maximum absolute atomic E-state index is 12.0. The van der Waals surface area contributed by atoms with Gasteiger partial charge < -0.3 is 19.7 Å². The third kappa shape index (κ3) is 4.08. The number of piperidine rings is 1. The van der Waals surface area contributed by atoms with Gasteiger partial charge in [0.2, 0.25) is 5.91 Å². The second-order valence-corrected chi connectivity index (χ2v) is 5.04. The van der Waals surface area contributed by atoms with Crippen molar-refractivity contribution in [3.8, 4) is 0 Å². The van der Waals surface area contributed by atoms with Crippen molar-refractivity contribution in [2.24, 2.45) is 5.92 Å². The number of nitrogens with zero attached hydrogens (tertiary/aromatic N) is 1. The van der Waals surface area contributed by atoms with Crippen LogP contribution >= 0.6 is 0 Å². The first kappa shape index (κ1) is 15.1. The Morgan fingerprint density at radius 3 is 2.90 bits per heavy atom. The molecule has 0 aromatic carbocycles. The molecule has 0 saturated carbocycles. The number of carboxylic acids is 1. The van der Waals surface area contributed by atoms with Crippen LogP contribution in [-0.2, 0) is 9.59 Å². The predicted molar refractivity (Wildman–Crippen MR) is 72.6 cm³/mol. The minimum absolute atomic E-state index is 0.131. The van der Waals surface area contributed by atoms with Crippen LogP contribution < -0.4 is 5.32 Å². The van der Waals surface area contributed by atoms with Gasteiger partial charge in [-0.15, -0.1) is 0 Å². The van der Waals surface area contributed by atoms with Crippen molar-refractivity contribution in [1.82, 2.24) is 10.2 Å². The van der Waals surface area contributed by atoms with Crippen molar-refractivity contribution in [1.29, 1.82) is 0 Å². The molecule has 0 aliphatic carbocycles. The van der Waals surface area contributed by atoms with Crippen LogP contribution in [0.15, 0.2) is 23.0 Å². The molecule has 2 rings (SSSR count). The average molecular weight is 294 g/mol. The molecule has 21 heavy (non-hydrogen) atoms. The van der Waals surface area contributed by atoms with Crippen molar-refractivity contribution in [2.45, 2.75) is 19.3 Å². The third-order valence-corrected chi connectivity index (χ3v) is 3.53. The van der Waals surface area contributed by atoms with Crippen molar-refractivity contribution < 1.29 is 23.9 Å². The van der Waals surface area contributed by atoms with Gasteiger partial charge in [0.05, 0.1) is 17.7 Å². The molecule has 1 saturated heterocycles. The largest absolute Gasteiger partial charge is 0.481 e. The predicted octanol–water partition coefficient (Wildman–Crippen LogP) is 0.723. The summed E-state index contributed by atoms with van der Waals surface area (Å²) < 4.78 is 4.80. The first-order valence-electron chi connectivity index (χ1n) is 6.89. The normalized spacial score (nSPS) is 18.3. The quantitative estimate of drug-likeness (QED) is 0.833. The minimum Gasteiger partial charge on any atom is -0.481 e. The van der Waals surface area contributed by atoms with E-state index in [0.29, 0.717) is 24.9 Å². The van der Waals surface area contributed by atoms with Gasteiger partial charge in [0.1, 0.15) is 6.26 Å². The molecule has 2 N–H and O–H groups in total. The number of carboxylic acid groups (broad SMARTS) is 1. The summed E-state index contributed by atoms with van der Waals surface area (Å²) in [6.07, 6.45) is 4.20. The smallest absolute Gasteiger partial charge is 0.308 e. The van der Waals surface area contributed by atoms with E-state index < -0.39 is 11.9 Å². The molecule has 0 bridgehead atoms. The van der Waals surface area contributed by atoms with E-state index in [4.69, 9.17) is 9.52 Å². The molecule has 114 valence electrons. The maximum Gasteiger partial charge on any atom is 0.308 e. The van der Waals surface area contributed by atoms with Crippen LogP contribution in [0.5, 0.6) is 0 Å². The second kappa shape index (κ2) is 6.92. The summed E-state index contributed by atoms with van der Waals surface area (Å²) in [5, 5.41) is 11.6. The summed E-state index contributed by atoms with van der Waals surface area (Å²) in [6.45, 7) is 1.05. The summed E-state index contributed by atoms with van der Waals surface area (Å²) in [5.74, 6) is -1.77. The Labute approximate surface area is 121 Å². The van der Waals surface area contributed by atoms with E-state index >= 15 is 0 Å². The molecule has 1 aliphatic heterocycles. The van der Waals surface area contributed by atoms with Crippen LogP contribution in [0.25, 0.3) is 0 Å². The SMILES string of the molecule is O=C(NCCC(=O)N1CCC[C@H](C(=O)O)C1)c1ccoc1. The average Bonchev–Trinajstić information content (AvgIpc) is 3.01. The third-order valence-electron chi connectivity index (χ3n) is 3.53. The van der Waals surface area contributed by atoms with Crippen LogP contribution in [0.2, 0.25) is 0 Å². The minimum atomic E-state index is -0.860. The van der Waals surface area contributed by atoms with Gasteiger partial charge in [-0.2, -0.15) is 0 Å². The molecule has 1 aliphatic rings. The summed E-state index contributed by atoms with van der Waals surface area (Å²) in [5.41, 5.74) is 0.409.